The summed E-state index contributed by atoms with van der Waals surface area (Å²) in [6.07, 6.45) is 3.12. The highest BCUT2D eigenvalue weighted by Crippen LogP contribution is 2.31. The van der Waals surface area contributed by atoms with Crippen LogP contribution in [0.1, 0.15) is 36.7 Å². The summed E-state index contributed by atoms with van der Waals surface area (Å²) >= 11 is 1.03. The Kier molecular flexibility index (Phi) is 7.01. The molecule has 5 N–H and O–H groups in total. The summed E-state index contributed by atoms with van der Waals surface area (Å²) in [4.78, 5) is 23.4. The van der Waals surface area contributed by atoms with E-state index in [2.05, 4.69) is 15.3 Å². The summed E-state index contributed by atoms with van der Waals surface area (Å²) < 4.78 is 14.1. The number of thiazole rings is 1. The second-order valence-electron chi connectivity index (χ2n) is 7.75. The molecule has 0 saturated carbocycles. The van der Waals surface area contributed by atoms with Crippen molar-refractivity contribution in [1.29, 1.82) is 5.41 Å². The predicted octanol–water partition coefficient (Wildman–Crippen LogP) is 2.54. The molecule has 0 aliphatic carbocycles. The van der Waals surface area contributed by atoms with Gasteiger partial charge in [0.1, 0.15) is 27.7 Å². The molecule has 166 valence electrons. The number of anilines is 1. The lowest BCUT2D eigenvalue weighted by atomic mass is 9.98. The fraction of sp³-hybridized carbons (Fsp3) is 0.429. The van der Waals surface area contributed by atoms with Crippen molar-refractivity contribution in [2.75, 3.05) is 25.9 Å². The van der Waals surface area contributed by atoms with Crippen LogP contribution in [0.5, 0.6) is 0 Å². The number of likely N-dealkylation sites (tertiary alicyclic amines) is 1. The number of halogens is 1. The third-order valence-corrected chi connectivity index (χ3v) is 6.24. The summed E-state index contributed by atoms with van der Waals surface area (Å²) in [5.74, 6) is -0.477. The van der Waals surface area contributed by atoms with Crippen LogP contribution in [0.2, 0.25) is 0 Å². The number of nitrogens with two attached hydrogens (primary N) is 1. The van der Waals surface area contributed by atoms with Crippen LogP contribution in [0.3, 0.4) is 0 Å². The Morgan fingerprint density at radius 1 is 1.45 bits per heavy atom. The highest BCUT2D eigenvalue weighted by Gasteiger charge is 2.30. The molecule has 1 saturated heterocycles. The number of carbonyl (C=O) groups is 1. The lowest BCUT2D eigenvalue weighted by Gasteiger charge is -2.29. The van der Waals surface area contributed by atoms with Gasteiger partial charge in [0, 0.05) is 31.9 Å². The molecule has 1 aliphatic heterocycles. The minimum atomic E-state index is -0.779. The molecule has 1 unspecified atom stereocenters. The van der Waals surface area contributed by atoms with E-state index in [0.717, 1.165) is 24.0 Å². The smallest absolute Gasteiger partial charge is 0.273 e. The number of aliphatic imine (C=N–C) groups is 1. The Hall–Kier alpha value is -2.85. The van der Waals surface area contributed by atoms with Crippen LogP contribution in [-0.4, -0.2) is 64.7 Å². The van der Waals surface area contributed by atoms with Gasteiger partial charge in [-0.25, -0.2) is 9.37 Å². The van der Waals surface area contributed by atoms with Crippen molar-refractivity contribution in [2.24, 2.45) is 4.99 Å². The molecule has 1 fully saturated rings. The van der Waals surface area contributed by atoms with E-state index in [4.69, 9.17) is 11.1 Å². The predicted molar refractivity (Wildman–Crippen MR) is 121 cm³/mol. The van der Waals surface area contributed by atoms with Crippen LogP contribution in [-0.2, 0) is 0 Å². The maximum absolute atomic E-state index is 14.1. The van der Waals surface area contributed by atoms with Gasteiger partial charge in [-0.2, -0.15) is 0 Å². The van der Waals surface area contributed by atoms with Gasteiger partial charge in [0.25, 0.3) is 5.91 Å². The van der Waals surface area contributed by atoms with E-state index in [0.29, 0.717) is 36.8 Å². The number of nitrogens with one attached hydrogen (secondary N) is 2. The van der Waals surface area contributed by atoms with Crippen molar-refractivity contribution in [3.05, 3.63) is 35.8 Å². The van der Waals surface area contributed by atoms with E-state index in [9.17, 15) is 14.3 Å². The van der Waals surface area contributed by atoms with Crippen LogP contribution in [0.25, 0.3) is 10.6 Å². The second-order valence-corrected chi connectivity index (χ2v) is 8.78. The molecule has 1 amide bonds. The average molecular weight is 447 g/mol. The highest BCUT2D eigenvalue weighted by molar-refractivity contribution is 7.19. The number of aromatic nitrogens is 1. The van der Waals surface area contributed by atoms with Crippen molar-refractivity contribution in [2.45, 2.75) is 37.8 Å². The van der Waals surface area contributed by atoms with Crippen LogP contribution in [0, 0.1) is 11.2 Å². The summed E-state index contributed by atoms with van der Waals surface area (Å²) in [5.41, 5.74) is 5.52. The second kappa shape index (κ2) is 9.52. The first kappa shape index (κ1) is 22.8. The summed E-state index contributed by atoms with van der Waals surface area (Å²) in [6, 6.07) is 5.38. The summed E-state index contributed by atoms with van der Waals surface area (Å²) in [7, 11) is 1.61. The number of amidine groups is 1. The van der Waals surface area contributed by atoms with E-state index < -0.39 is 23.4 Å². The number of amides is 1. The molecule has 2 atom stereocenters. The quantitative estimate of drug-likeness (QED) is 0.415. The fourth-order valence-corrected chi connectivity index (χ4v) is 4.46. The third-order valence-electron chi connectivity index (χ3n) is 5.32. The standard InChI is InChI=1S/C21H27FN6O2S/c1-21(30)8-5-10-28(11-9-21)18(25-2)15(12-23)26-19(29)16-17(24)31-20(27-16)13-6-3-4-7-14(13)22/h3-4,6-7,12,15,23,30H,5,8-11,24H2,1-2H3,(H,26,29)/t15?,21-/m0/s1. The van der Waals surface area contributed by atoms with Crippen LogP contribution < -0.4 is 11.1 Å². The number of benzene rings is 1. The monoisotopic (exact) mass is 446 g/mol. The number of nitrogen functional groups attached to an aromatic ring is 1. The van der Waals surface area contributed by atoms with Crippen molar-refractivity contribution in [3.8, 4) is 10.6 Å². The van der Waals surface area contributed by atoms with Crippen LogP contribution >= 0.6 is 11.3 Å². The molecule has 1 aromatic carbocycles. The lowest BCUT2D eigenvalue weighted by Crippen LogP contribution is -2.50. The number of nitrogens with zero attached hydrogens (tertiary/aromatic N) is 3. The molecule has 0 bridgehead atoms. The summed E-state index contributed by atoms with van der Waals surface area (Å²) in [6.45, 7) is 3.04. The van der Waals surface area contributed by atoms with Gasteiger partial charge in [-0.1, -0.05) is 23.5 Å². The number of rotatable bonds is 5. The molecule has 2 heterocycles. The number of hydrogen-bond donors (Lipinski definition) is 4. The van der Waals surface area contributed by atoms with E-state index in [1.54, 1.807) is 25.2 Å². The zero-order valence-corrected chi connectivity index (χ0v) is 18.4. The Labute approximate surface area is 184 Å². The van der Waals surface area contributed by atoms with Gasteiger partial charge in [0.15, 0.2) is 5.69 Å². The average Bonchev–Trinajstić information content (AvgIpc) is 3.03. The van der Waals surface area contributed by atoms with E-state index in [1.165, 1.54) is 6.07 Å². The Morgan fingerprint density at radius 3 is 2.87 bits per heavy atom. The van der Waals surface area contributed by atoms with Gasteiger partial charge >= 0.3 is 0 Å². The van der Waals surface area contributed by atoms with Gasteiger partial charge in [-0.15, -0.1) is 0 Å². The minimum absolute atomic E-state index is 0.00986. The lowest BCUT2D eigenvalue weighted by molar-refractivity contribution is 0.0462. The number of hydrogen-bond acceptors (Lipinski definition) is 7. The van der Waals surface area contributed by atoms with Gasteiger partial charge in [-0.3, -0.25) is 9.79 Å². The number of aliphatic hydroxyl groups is 1. The largest absolute Gasteiger partial charge is 0.390 e. The van der Waals surface area contributed by atoms with Crippen molar-refractivity contribution in [3.63, 3.8) is 0 Å². The molecular weight excluding hydrogens is 419 g/mol. The first-order valence-corrected chi connectivity index (χ1v) is 10.8. The molecule has 31 heavy (non-hydrogen) atoms. The van der Waals surface area contributed by atoms with Gasteiger partial charge in [0.05, 0.1) is 5.60 Å². The van der Waals surface area contributed by atoms with Crippen LogP contribution in [0.15, 0.2) is 29.3 Å². The Balaban J connectivity index is 1.78. The van der Waals surface area contributed by atoms with Crippen molar-refractivity contribution < 1.29 is 14.3 Å². The van der Waals surface area contributed by atoms with E-state index in [1.807, 2.05) is 11.8 Å². The molecule has 1 aliphatic rings. The maximum Gasteiger partial charge on any atom is 0.273 e. The summed E-state index contributed by atoms with van der Waals surface area (Å²) in [5, 5.41) is 21.4. The molecule has 3 rings (SSSR count). The third kappa shape index (κ3) is 5.26. The normalized spacial score (nSPS) is 20.8. The molecule has 10 heteroatoms. The zero-order chi connectivity index (χ0) is 22.6. The maximum atomic E-state index is 14.1. The van der Waals surface area contributed by atoms with E-state index >= 15 is 0 Å². The first-order chi connectivity index (χ1) is 14.8. The zero-order valence-electron chi connectivity index (χ0n) is 17.6. The molecule has 2 aromatic rings. The molecular formula is C21H27FN6O2S. The van der Waals surface area contributed by atoms with Crippen molar-refractivity contribution in [1.82, 2.24) is 15.2 Å². The van der Waals surface area contributed by atoms with Crippen molar-refractivity contribution >= 4 is 34.3 Å². The fourth-order valence-electron chi connectivity index (χ4n) is 3.60. The highest BCUT2D eigenvalue weighted by atomic mass is 32.1. The Bertz CT molecular complexity index is 990. The van der Waals surface area contributed by atoms with Crippen LogP contribution in [0.4, 0.5) is 9.39 Å². The van der Waals surface area contributed by atoms with Gasteiger partial charge < -0.3 is 26.5 Å². The number of carbonyl (C=O) groups excluding carboxylic acids is 1. The van der Waals surface area contributed by atoms with Gasteiger partial charge in [-0.05, 0) is 38.3 Å². The van der Waals surface area contributed by atoms with E-state index in [-0.39, 0.29) is 16.3 Å². The molecule has 8 nitrogen and oxygen atoms in total. The SMILES string of the molecule is CN=C(C(C=N)NC(=O)c1nc(-c2ccccc2F)sc1N)N1CCC[C@](C)(O)CC1. The van der Waals surface area contributed by atoms with Gasteiger partial charge in [0.2, 0.25) is 0 Å². The molecule has 0 radical (unpaired) electrons. The molecule has 0 spiro atoms. The Morgan fingerprint density at radius 2 is 2.19 bits per heavy atom. The topological polar surface area (TPSA) is 128 Å². The molecule has 1 aromatic heterocycles. The first-order valence-electron chi connectivity index (χ1n) is 10.0. The minimum Gasteiger partial charge on any atom is -0.390 e.